The molecule has 3 aliphatic rings. The molecule has 3 heterocycles. The van der Waals surface area contributed by atoms with Crippen LogP contribution in [-0.4, -0.2) is 45.7 Å². The van der Waals surface area contributed by atoms with E-state index in [0.29, 0.717) is 24.5 Å². The summed E-state index contributed by atoms with van der Waals surface area (Å²) in [5.74, 6) is 0.521. The van der Waals surface area contributed by atoms with Gasteiger partial charge in [0, 0.05) is 31.6 Å². The first kappa shape index (κ1) is 17.3. The summed E-state index contributed by atoms with van der Waals surface area (Å²) in [5, 5.41) is 7.53. The number of benzene rings is 1. The molecule has 1 spiro atoms. The summed E-state index contributed by atoms with van der Waals surface area (Å²) in [4.78, 5) is 26.9. The van der Waals surface area contributed by atoms with Gasteiger partial charge in [-0.05, 0) is 31.7 Å². The first-order valence-electron chi connectivity index (χ1n) is 9.97. The second kappa shape index (κ2) is 6.36. The lowest BCUT2D eigenvalue weighted by Gasteiger charge is -2.40. The number of nitrogens with zero attached hydrogens (tertiary/aromatic N) is 3. The van der Waals surface area contributed by atoms with Crippen molar-refractivity contribution in [3.8, 4) is 5.75 Å². The summed E-state index contributed by atoms with van der Waals surface area (Å²) in [6, 6.07) is 9.42. The highest BCUT2D eigenvalue weighted by atomic mass is 16.5. The van der Waals surface area contributed by atoms with E-state index in [1.165, 1.54) is 0 Å². The fourth-order valence-corrected chi connectivity index (χ4v) is 4.72. The molecular weight excluding hydrogens is 356 g/mol. The smallest absolute Gasteiger partial charge is 0.272 e. The number of carbonyl (C=O) groups excluding carboxylic acids is 2. The fraction of sp³-hybridized carbons (Fsp3) is 0.476. The molecule has 28 heavy (non-hydrogen) atoms. The number of ether oxygens (including phenoxy) is 1. The Balaban J connectivity index is 1.42. The van der Waals surface area contributed by atoms with Crippen molar-refractivity contribution in [1.82, 2.24) is 20.0 Å². The maximum absolute atomic E-state index is 13.0. The van der Waals surface area contributed by atoms with Crippen LogP contribution in [0.3, 0.4) is 0 Å². The van der Waals surface area contributed by atoms with Crippen molar-refractivity contribution >= 4 is 11.8 Å². The highest BCUT2D eigenvalue weighted by Crippen LogP contribution is 2.47. The summed E-state index contributed by atoms with van der Waals surface area (Å²) in [6.45, 7) is 1.21. The number of aromatic nitrogens is 2. The predicted octanol–water partition coefficient (Wildman–Crippen LogP) is 2.54. The fourth-order valence-electron chi connectivity index (χ4n) is 4.72. The van der Waals surface area contributed by atoms with Gasteiger partial charge in [-0.3, -0.25) is 14.3 Å². The summed E-state index contributed by atoms with van der Waals surface area (Å²) < 4.78 is 8.00. The Morgan fingerprint density at radius 1 is 1.25 bits per heavy atom. The molecule has 7 nitrogen and oxygen atoms in total. The Kier molecular flexibility index (Phi) is 3.92. The summed E-state index contributed by atoms with van der Waals surface area (Å²) in [6.07, 6.45) is 5.13. The predicted molar refractivity (Wildman–Crippen MR) is 102 cm³/mol. The number of para-hydroxylation sites is 1. The van der Waals surface area contributed by atoms with Crippen LogP contribution < -0.4 is 10.1 Å². The van der Waals surface area contributed by atoms with E-state index in [4.69, 9.17) is 4.74 Å². The third-order valence-electron chi connectivity index (χ3n) is 6.24. The highest BCUT2D eigenvalue weighted by Gasteiger charge is 2.43. The van der Waals surface area contributed by atoms with E-state index in [9.17, 15) is 9.59 Å². The molecule has 1 aromatic heterocycles. The van der Waals surface area contributed by atoms with E-state index in [0.717, 1.165) is 43.4 Å². The minimum absolute atomic E-state index is 0.0980. The van der Waals surface area contributed by atoms with Crippen LogP contribution in [0.2, 0.25) is 0 Å². The molecule has 5 rings (SSSR count). The van der Waals surface area contributed by atoms with E-state index < -0.39 is 0 Å². The Labute approximate surface area is 163 Å². The summed E-state index contributed by atoms with van der Waals surface area (Å²) in [7, 11) is 1.76. The van der Waals surface area contributed by atoms with E-state index in [1.807, 2.05) is 24.3 Å². The summed E-state index contributed by atoms with van der Waals surface area (Å²) in [5.41, 5.74) is 1.59. The molecular formula is C21H24N4O3. The molecule has 1 aliphatic carbocycles. The molecule has 0 bridgehead atoms. The van der Waals surface area contributed by atoms with Crippen molar-refractivity contribution in [3.05, 3.63) is 47.3 Å². The number of nitrogens with one attached hydrogen (secondary N) is 1. The largest absolute Gasteiger partial charge is 0.487 e. The second-order valence-electron chi connectivity index (χ2n) is 8.12. The average molecular weight is 380 g/mol. The van der Waals surface area contributed by atoms with Gasteiger partial charge in [0.1, 0.15) is 17.0 Å². The molecule has 1 aromatic carbocycles. The van der Waals surface area contributed by atoms with E-state index >= 15 is 0 Å². The normalized spacial score (nSPS) is 22.5. The molecule has 2 amide bonds. The number of likely N-dealkylation sites (N-methyl/N-ethyl adjacent to an activating group) is 1. The van der Waals surface area contributed by atoms with Gasteiger partial charge in [0.2, 0.25) is 0 Å². The van der Waals surface area contributed by atoms with Gasteiger partial charge in [-0.25, -0.2) is 0 Å². The van der Waals surface area contributed by atoms with E-state index in [1.54, 1.807) is 22.7 Å². The third-order valence-corrected chi connectivity index (χ3v) is 6.24. The maximum Gasteiger partial charge on any atom is 0.272 e. The highest BCUT2D eigenvalue weighted by molar-refractivity contribution is 5.98. The van der Waals surface area contributed by atoms with Gasteiger partial charge < -0.3 is 15.0 Å². The van der Waals surface area contributed by atoms with Gasteiger partial charge in [0.25, 0.3) is 11.8 Å². The lowest BCUT2D eigenvalue weighted by atomic mass is 9.86. The number of rotatable bonds is 2. The van der Waals surface area contributed by atoms with Crippen molar-refractivity contribution in [3.63, 3.8) is 0 Å². The van der Waals surface area contributed by atoms with Crippen LogP contribution in [-0.2, 0) is 6.54 Å². The van der Waals surface area contributed by atoms with Gasteiger partial charge in [-0.15, -0.1) is 0 Å². The van der Waals surface area contributed by atoms with Gasteiger partial charge in [0.15, 0.2) is 5.69 Å². The Morgan fingerprint density at radius 2 is 2.04 bits per heavy atom. The molecule has 1 N–H and O–H groups in total. The number of carbonyl (C=O) groups is 2. The van der Waals surface area contributed by atoms with Crippen LogP contribution in [0.25, 0.3) is 0 Å². The van der Waals surface area contributed by atoms with Crippen LogP contribution in [0, 0.1) is 0 Å². The molecule has 2 aliphatic heterocycles. The molecule has 146 valence electrons. The standard InChI is InChI=1S/C21H24N4O3/c1-24-10-11-25-17(20(24)27)12-15(23-25)19(26)22-16-13-21(8-4-5-9-21)28-18-7-3-2-6-14(16)18/h2-3,6-7,12,16H,4-5,8-11,13H2,1H3,(H,22,26). The first-order chi connectivity index (χ1) is 13.5. The first-order valence-corrected chi connectivity index (χ1v) is 9.97. The summed E-state index contributed by atoms with van der Waals surface area (Å²) >= 11 is 0. The van der Waals surface area contributed by atoms with Crippen LogP contribution in [0.1, 0.15) is 64.7 Å². The van der Waals surface area contributed by atoms with Gasteiger partial charge in [0.05, 0.1) is 12.6 Å². The molecule has 1 saturated carbocycles. The Morgan fingerprint density at radius 3 is 2.86 bits per heavy atom. The minimum Gasteiger partial charge on any atom is -0.487 e. The van der Waals surface area contributed by atoms with E-state index in [2.05, 4.69) is 10.4 Å². The quantitative estimate of drug-likeness (QED) is 0.869. The second-order valence-corrected chi connectivity index (χ2v) is 8.12. The number of hydrogen-bond donors (Lipinski definition) is 1. The molecule has 7 heteroatoms. The minimum atomic E-state index is -0.243. The number of fused-ring (bicyclic) bond motifs is 2. The van der Waals surface area contributed by atoms with Crippen molar-refractivity contribution in [2.45, 2.75) is 50.3 Å². The topological polar surface area (TPSA) is 76.5 Å². The zero-order valence-corrected chi connectivity index (χ0v) is 16.0. The molecule has 0 saturated heterocycles. The third kappa shape index (κ3) is 2.77. The number of amides is 2. The average Bonchev–Trinajstić information content (AvgIpc) is 3.32. The lowest BCUT2D eigenvalue weighted by Crippen LogP contribution is -2.43. The van der Waals surface area contributed by atoms with E-state index in [-0.39, 0.29) is 23.5 Å². The van der Waals surface area contributed by atoms with Crippen molar-refractivity contribution in [2.75, 3.05) is 13.6 Å². The maximum atomic E-state index is 13.0. The monoisotopic (exact) mass is 380 g/mol. The molecule has 1 atom stereocenters. The van der Waals surface area contributed by atoms with Crippen LogP contribution in [0.15, 0.2) is 30.3 Å². The number of hydrogen-bond acceptors (Lipinski definition) is 4. The lowest BCUT2D eigenvalue weighted by molar-refractivity contribution is 0.0359. The van der Waals surface area contributed by atoms with Gasteiger partial charge in [-0.2, -0.15) is 5.10 Å². The molecule has 2 aromatic rings. The van der Waals surface area contributed by atoms with Crippen LogP contribution in [0.4, 0.5) is 0 Å². The Hall–Kier alpha value is -2.83. The van der Waals surface area contributed by atoms with Gasteiger partial charge >= 0.3 is 0 Å². The molecule has 1 unspecified atom stereocenters. The van der Waals surface area contributed by atoms with Crippen LogP contribution >= 0.6 is 0 Å². The van der Waals surface area contributed by atoms with Crippen molar-refractivity contribution < 1.29 is 14.3 Å². The van der Waals surface area contributed by atoms with Crippen molar-refractivity contribution in [2.24, 2.45) is 0 Å². The molecule has 0 radical (unpaired) electrons. The van der Waals surface area contributed by atoms with Gasteiger partial charge in [-0.1, -0.05) is 18.2 Å². The van der Waals surface area contributed by atoms with Crippen molar-refractivity contribution in [1.29, 1.82) is 0 Å². The SMILES string of the molecule is CN1CCn2nc(C(=O)NC3CC4(CCCC4)Oc4ccccc43)cc2C1=O. The Bertz CT molecular complexity index is 945. The molecule has 1 fully saturated rings. The zero-order valence-electron chi connectivity index (χ0n) is 16.0. The van der Waals surface area contributed by atoms with Crippen LogP contribution in [0.5, 0.6) is 5.75 Å². The zero-order chi connectivity index (χ0) is 19.3.